The normalized spacial score (nSPS) is 11.7. The number of hydrogen-bond donors (Lipinski definition) is 2. The molecule has 0 spiro atoms. The van der Waals surface area contributed by atoms with Crippen molar-refractivity contribution in [3.8, 4) is 11.5 Å². The zero-order valence-electron chi connectivity index (χ0n) is 10.4. The predicted molar refractivity (Wildman–Crippen MR) is 66.2 cm³/mol. The van der Waals surface area contributed by atoms with Gasteiger partial charge in [-0.25, -0.2) is 9.97 Å². The van der Waals surface area contributed by atoms with Gasteiger partial charge in [0, 0.05) is 30.2 Å². The van der Waals surface area contributed by atoms with Crippen molar-refractivity contribution in [3.05, 3.63) is 30.5 Å². The van der Waals surface area contributed by atoms with Gasteiger partial charge in [-0.05, 0) is 20.8 Å². The van der Waals surface area contributed by atoms with Crippen molar-refractivity contribution in [3.63, 3.8) is 0 Å². The van der Waals surface area contributed by atoms with Crippen LogP contribution in [-0.2, 0) is 6.54 Å². The number of aromatic amines is 1. The fourth-order valence-electron chi connectivity index (χ4n) is 1.36. The average molecular weight is 231 g/mol. The van der Waals surface area contributed by atoms with E-state index >= 15 is 0 Å². The first kappa shape index (κ1) is 11.7. The van der Waals surface area contributed by atoms with E-state index < -0.39 is 0 Å². The molecule has 2 heterocycles. The van der Waals surface area contributed by atoms with E-state index in [-0.39, 0.29) is 5.54 Å². The Bertz CT molecular complexity index is 469. The van der Waals surface area contributed by atoms with Gasteiger partial charge in [-0.1, -0.05) is 0 Å². The van der Waals surface area contributed by atoms with Crippen LogP contribution < -0.4 is 5.32 Å². The van der Waals surface area contributed by atoms with E-state index in [2.05, 4.69) is 46.0 Å². The highest BCUT2D eigenvalue weighted by atomic mass is 15.0. The largest absolute Gasteiger partial charge is 0.339 e. The molecule has 0 radical (unpaired) electrons. The molecule has 2 aromatic heterocycles. The molecule has 2 rings (SSSR count). The maximum atomic E-state index is 4.29. The summed E-state index contributed by atoms with van der Waals surface area (Å²) in [4.78, 5) is 15.7. The molecular formula is C12H17N5. The van der Waals surface area contributed by atoms with Crippen LogP contribution in [-0.4, -0.2) is 25.5 Å². The number of imidazole rings is 1. The topological polar surface area (TPSA) is 66.5 Å². The average Bonchev–Trinajstić information content (AvgIpc) is 2.75. The van der Waals surface area contributed by atoms with E-state index in [9.17, 15) is 0 Å². The van der Waals surface area contributed by atoms with Gasteiger partial charge < -0.3 is 10.3 Å². The highest BCUT2D eigenvalue weighted by Gasteiger charge is 2.10. The van der Waals surface area contributed by atoms with Gasteiger partial charge in [0.05, 0.1) is 12.4 Å². The molecule has 2 N–H and O–H groups in total. The van der Waals surface area contributed by atoms with Crippen LogP contribution in [0.25, 0.3) is 11.5 Å². The second kappa shape index (κ2) is 4.63. The third-order valence-corrected chi connectivity index (χ3v) is 2.24. The summed E-state index contributed by atoms with van der Waals surface area (Å²) in [5, 5.41) is 3.40. The van der Waals surface area contributed by atoms with Gasteiger partial charge >= 0.3 is 0 Å². The maximum Gasteiger partial charge on any atom is 0.157 e. The van der Waals surface area contributed by atoms with Crippen LogP contribution in [0.3, 0.4) is 0 Å². The van der Waals surface area contributed by atoms with Crippen LogP contribution in [0.15, 0.2) is 24.8 Å². The quantitative estimate of drug-likeness (QED) is 0.844. The Balaban J connectivity index is 2.07. The highest BCUT2D eigenvalue weighted by molar-refractivity contribution is 5.47. The van der Waals surface area contributed by atoms with Crippen LogP contribution in [0.2, 0.25) is 0 Å². The van der Waals surface area contributed by atoms with Crippen molar-refractivity contribution < 1.29 is 0 Å². The third kappa shape index (κ3) is 3.35. The Morgan fingerprint density at radius 1 is 1.18 bits per heavy atom. The molecule has 5 heteroatoms. The summed E-state index contributed by atoms with van der Waals surface area (Å²) in [7, 11) is 0. The van der Waals surface area contributed by atoms with Crippen molar-refractivity contribution in [1.29, 1.82) is 0 Å². The molecule has 0 saturated carbocycles. The molecule has 0 aliphatic carbocycles. The second-order valence-electron chi connectivity index (χ2n) is 4.95. The van der Waals surface area contributed by atoms with Crippen molar-refractivity contribution in [2.75, 3.05) is 0 Å². The number of H-pyrrole nitrogens is 1. The summed E-state index contributed by atoms with van der Waals surface area (Å²) >= 11 is 0. The standard InChI is InChI=1S/C12H17N5/c1-12(2,3)16-7-9-6-15-11(17-9)10-8-13-4-5-14-10/h4-6,8,16H,7H2,1-3H3,(H,15,17). The molecule has 0 aromatic carbocycles. The fraction of sp³-hybridized carbons (Fsp3) is 0.417. The van der Waals surface area contributed by atoms with Crippen molar-refractivity contribution in [2.24, 2.45) is 0 Å². The summed E-state index contributed by atoms with van der Waals surface area (Å²) < 4.78 is 0. The van der Waals surface area contributed by atoms with Crippen LogP contribution >= 0.6 is 0 Å². The molecule has 90 valence electrons. The minimum atomic E-state index is 0.0951. The Labute approximate surface area is 101 Å². The first-order valence-corrected chi connectivity index (χ1v) is 5.60. The minimum absolute atomic E-state index is 0.0951. The fourth-order valence-corrected chi connectivity index (χ4v) is 1.36. The van der Waals surface area contributed by atoms with Gasteiger partial charge in [-0.15, -0.1) is 0 Å². The highest BCUT2D eigenvalue weighted by Crippen LogP contribution is 2.11. The molecule has 0 unspecified atom stereocenters. The number of aromatic nitrogens is 4. The van der Waals surface area contributed by atoms with E-state index in [1.165, 1.54) is 0 Å². The molecule has 0 aliphatic rings. The van der Waals surface area contributed by atoms with Crippen LogP contribution in [0.4, 0.5) is 0 Å². The molecule has 0 aliphatic heterocycles. The Hall–Kier alpha value is -1.75. The Kier molecular flexibility index (Phi) is 3.19. The number of nitrogens with zero attached hydrogens (tertiary/aromatic N) is 3. The maximum absolute atomic E-state index is 4.29. The lowest BCUT2D eigenvalue weighted by atomic mass is 10.1. The lowest BCUT2D eigenvalue weighted by molar-refractivity contribution is 0.422. The van der Waals surface area contributed by atoms with E-state index in [4.69, 9.17) is 0 Å². The molecule has 0 bridgehead atoms. The van der Waals surface area contributed by atoms with E-state index in [0.717, 1.165) is 23.8 Å². The molecule has 0 saturated heterocycles. The molecule has 0 atom stereocenters. The van der Waals surface area contributed by atoms with E-state index in [1.54, 1.807) is 18.6 Å². The number of rotatable bonds is 3. The summed E-state index contributed by atoms with van der Waals surface area (Å²) in [5.74, 6) is 0.754. The lowest BCUT2D eigenvalue weighted by Crippen LogP contribution is -2.35. The first-order valence-electron chi connectivity index (χ1n) is 5.60. The Morgan fingerprint density at radius 3 is 2.65 bits per heavy atom. The van der Waals surface area contributed by atoms with Crippen molar-refractivity contribution >= 4 is 0 Å². The number of nitrogens with one attached hydrogen (secondary N) is 2. The molecule has 2 aromatic rings. The van der Waals surface area contributed by atoms with E-state index in [0.29, 0.717) is 0 Å². The minimum Gasteiger partial charge on any atom is -0.339 e. The van der Waals surface area contributed by atoms with Crippen molar-refractivity contribution in [2.45, 2.75) is 32.9 Å². The zero-order valence-corrected chi connectivity index (χ0v) is 10.4. The monoisotopic (exact) mass is 231 g/mol. The zero-order chi connectivity index (χ0) is 12.3. The van der Waals surface area contributed by atoms with E-state index in [1.807, 2.05) is 6.20 Å². The van der Waals surface area contributed by atoms with Crippen LogP contribution in [0, 0.1) is 0 Å². The first-order chi connectivity index (χ1) is 8.04. The van der Waals surface area contributed by atoms with Gasteiger partial charge in [0.1, 0.15) is 5.69 Å². The SMILES string of the molecule is CC(C)(C)NCc1cnc(-c2cnccn2)[nH]1. The molecule has 0 amide bonds. The smallest absolute Gasteiger partial charge is 0.157 e. The summed E-state index contributed by atoms with van der Waals surface area (Å²) in [6.45, 7) is 7.16. The van der Waals surface area contributed by atoms with Crippen LogP contribution in [0.5, 0.6) is 0 Å². The van der Waals surface area contributed by atoms with Gasteiger partial charge in [0.2, 0.25) is 0 Å². The molecule has 5 nitrogen and oxygen atoms in total. The van der Waals surface area contributed by atoms with Gasteiger partial charge in [0.15, 0.2) is 5.82 Å². The molecular weight excluding hydrogens is 214 g/mol. The summed E-state index contributed by atoms with van der Waals surface area (Å²) in [6.07, 6.45) is 6.82. The second-order valence-corrected chi connectivity index (χ2v) is 4.95. The van der Waals surface area contributed by atoms with Gasteiger partial charge in [0.25, 0.3) is 0 Å². The van der Waals surface area contributed by atoms with Crippen molar-refractivity contribution in [1.82, 2.24) is 25.3 Å². The van der Waals surface area contributed by atoms with Crippen LogP contribution in [0.1, 0.15) is 26.5 Å². The number of hydrogen-bond acceptors (Lipinski definition) is 4. The third-order valence-electron chi connectivity index (χ3n) is 2.24. The van der Waals surface area contributed by atoms with Gasteiger partial charge in [-0.3, -0.25) is 4.98 Å². The van der Waals surface area contributed by atoms with Gasteiger partial charge in [-0.2, -0.15) is 0 Å². The molecule has 0 fully saturated rings. The molecule has 17 heavy (non-hydrogen) atoms. The predicted octanol–water partition coefficient (Wildman–Crippen LogP) is 1.75. The summed E-state index contributed by atoms with van der Waals surface area (Å²) in [5.41, 5.74) is 1.90. The Morgan fingerprint density at radius 2 is 2.00 bits per heavy atom. The lowest BCUT2D eigenvalue weighted by Gasteiger charge is -2.19. The summed E-state index contributed by atoms with van der Waals surface area (Å²) in [6, 6.07) is 0.